The van der Waals surface area contributed by atoms with Crippen LogP contribution >= 0.6 is 11.8 Å². The first-order valence-electron chi connectivity index (χ1n) is 9.89. The van der Waals surface area contributed by atoms with Crippen molar-refractivity contribution in [1.29, 1.82) is 0 Å². The third-order valence-corrected chi connectivity index (χ3v) is 7.89. The molecule has 1 heterocycles. The normalized spacial score (nSPS) is 11.5. The molecule has 0 saturated carbocycles. The maximum atomic E-state index is 12.8. The first kappa shape index (κ1) is 24.4. The van der Waals surface area contributed by atoms with Crippen LogP contribution in [0, 0.1) is 10.1 Å². The van der Waals surface area contributed by atoms with Crippen LogP contribution in [0.25, 0.3) is 0 Å². The molecule has 0 aliphatic rings. The number of amides is 1. The minimum atomic E-state index is -3.70. The fourth-order valence-electron chi connectivity index (χ4n) is 3.00. The number of nitrogens with zero attached hydrogens (tertiary/aromatic N) is 5. The number of carbonyl (C=O) groups is 1. The third kappa shape index (κ3) is 5.38. The van der Waals surface area contributed by atoms with Gasteiger partial charge >= 0.3 is 0 Å². The molecule has 2 aromatic carbocycles. The van der Waals surface area contributed by atoms with Crippen LogP contribution in [0.1, 0.15) is 24.2 Å². The first-order valence-corrected chi connectivity index (χ1v) is 12.1. The van der Waals surface area contributed by atoms with Gasteiger partial charge in [-0.25, -0.2) is 8.42 Å². The average Bonchev–Trinajstić information content (AvgIpc) is 3.19. The highest BCUT2D eigenvalue weighted by molar-refractivity contribution is 7.99. The number of nitrogens with one attached hydrogen (secondary N) is 1. The zero-order valence-electron chi connectivity index (χ0n) is 18.1. The van der Waals surface area contributed by atoms with Crippen LogP contribution in [0.15, 0.2) is 63.7 Å². The van der Waals surface area contributed by atoms with Crippen LogP contribution in [0.3, 0.4) is 0 Å². The Balaban J connectivity index is 1.85. The molecule has 0 saturated heterocycles. The van der Waals surface area contributed by atoms with E-state index in [9.17, 15) is 23.3 Å². The van der Waals surface area contributed by atoms with Gasteiger partial charge in [-0.3, -0.25) is 14.9 Å². The number of rotatable bonds is 9. The molecular formula is C20H22N6O5S2. The average molecular weight is 491 g/mol. The van der Waals surface area contributed by atoms with E-state index < -0.39 is 20.9 Å². The molecule has 33 heavy (non-hydrogen) atoms. The van der Waals surface area contributed by atoms with Gasteiger partial charge in [-0.05, 0) is 42.1 Å². The third-order valence-electron chi connectivity index (χ3n) is 4.72. The van der Waals surface area contributed by atoms with Crippen LogP contribution in [0.5, 0.6) is 0 Å². The minimum Gasteiger partial charge on any atom is -0.322 e. The Hall–Kier alpha value is -3.29. The summed E-state index contributed by atoms with van der Waals surface area (Å²) in [5.74, 6) is -0.606. The maximum absolute atomic E-state index is 12.8. The quantitative estimate of drug-likeness (QED) is 0.356. The number of benzene rings is 2. The number of anilines is 1. The molecule has 1 N–H and O–H groups in total. The zero-order chi connectivity index (χ0) is 24.2. The SMILES string of the molecule is CCN(CC)S(=O)(=O)c1cccc(NC(=O)c2ccc(Sc3nncn3C)c([N+](=O)[O-])c2)c1. The van der Waals surface area contributed by atoms with Crippen molar-refractivity contribution in [3.63, 3.8) is 0 Å². The van der Waals surface area contributed by atoms with Gasteiger partial charge in [0.15, 0.2) is 5.16 Å². The maximum Gasteiger partial charge on any atom is 0.284 e. The number of hydrogen-bond donors (Lipinski definition) is 1. The van der Waals surface area contributed by atoms with Crippen LogP contribution in [0.4, 0.5) is 11.4 Å². The van der Waals surface area contributed by atoms with Gasteiger partial charge in [-0.1, -0.05) is 19.9 Å². The fraction of sp³-hybridized carbons (Fsp3) is 0.250. The Morgan fingerprint density at radius 1 is 1.21 bits per heavy atom. The van der Waals surface area contributed by atoms with E-state index in [0.717, 1.165) is 11.8 Å². The first-order chi connectivity index (χ1) is 15.7. The van der Waals surface area contributed by atoms with Crippen molar-refractivity contribution in [2.75, 3.05) is 18.4 Å². The van der Waals surface area contributed by atoms with E-state index in [1.54, 1.807) is 31.5 Å². The van der Waals surface area contributed by atoms with E-state index in [1.165, 1.54) is 47.0 Å². The number of nitro benzene ring substituents is 1. The zero-order valence-corrected chi connectivity index (χ0v) is 19.8. The van der Waals surface area contributed by atoms with Crippen molar-refractivity contribution in [2.24, 2.45) is 7.05 Å². The fourth-order valence-corrected chi connectivity index (χ4v) is 5.36. The summed E-state index contributed by atoms with van der Waals surface area (Å²) < 4.78 is 28.4. The van der Waals surface area contributed by atoms with E-state index >= 15 is 0 Å². The van der Waals surface area contributed by atoms with Crippen LogP contribution < -0.4 is 5.32 Å². The van der Waals surface area contributed by atoms with E-state index in [1.807, 2.05) is 0 Å². The molecule has 3 aromatic rings. The number of aryl methyl sites for hydroxylation is 1. The highest BCUT2D eigenvalue weighted by Crippen LogP contribution is 2.34. The van der Waals surface area contributed by atoms with Gasteiger partial charge in [0.2, 0.25) is 10.0 Å². The van der Waals surface area contributed by atoms with Crippen molar-refractivity contribution in [3.05, 3.63) is 64.5 Å². The molecular weight excluding hydrogens is 468 g/mol. The van der Waals surface area contributed by atoms with Crippen LogP contribution in [0.2, 0.25) is 0 Å². The molecule has 0 radical (unpaired) electrons. The molecule has 0 atom stereocenters. The van der Waals surface area contributed by atoms with Crippen molar-refractivity contribution in [3.8, 4) is 0 Å². The second kappa shape index (κ2) is 10.1. The van der Waals surface area contributed by atoms with Crippen molar-refractivity contribution in [2.45, 2.75) is 28.8 Å². The van der Waals surface area contributed by atoms with Crippen molar-refractivity contribution in [1.82, 2.24) is 19.1 Å². The number of sulfonamides is 1. The predicted octanol–water partition coefficient (Wildman–Crippen LogP) is 3.16. The molecule has 0 bridgehead atoms. The lowest BCUT2D eigenvalue weighted by Crippen LogP contribution is -2.30. The molecule has 0 spiro atoms. The molecule has 11 nitrogen and oxygen atoms in total. The van der Waals surface area contributed by atoms with E-state index in [4.69, 9.17) is 0 Å². The molecule has 0 aliphatic carbocycles. The summed E-state index contributed by atoms with van der Waals surface area (Å²) in [4.78, 5) is 24.1. The lowest BCUT2D eigenvalue weighted by molar-refractivity contribution is -0.387. The summed E-state index contributed by atoms with van der Waals surface area (Å²) in [7, 11) is -1.99. The molecule has 0 fully saturated rings. The van der Waals surface area contributed by atoms with Gasteiger partial charge < -0.3 is 9.88 Å². The highest BCUT2D eigenvalue weighted by atomic mass is 32.2. The Bertz CT molecular complexity index is 1290. The van der Waals surface area contributed by atoms with Crippen LogP contribution in [-0.2, 0) is 17.1 Å². The Morgan fingerprint density at radius 2 is 1.94 bits per heavy atom. The van der Waals surface area contributed by atoms with Gasteiger partial charge in [0.25, 0.3) is 11.6 Å². The van der Waals surface area contributed by atoms with E-state index in [-0.39, 0.29) is 21.8 Å². The molecule has 0 unspecified atom stereocenters. The molecule has 3 rings (SSSR count). The smallest absolute Gasteiger partial charge is 0.284 e. The minimum absolute atomic E-state index is 0.0467. The van der Waals surface area contributed by atoms with E-state index in [0.29, 0.717) is 23.1 Å². The van der Waals surface area contributed by atoms with Gasteiger partial charge in [0, 0.05) is 37.5 Å². The number of nitro groups is 1. The highest BCUT2D eigenvalue weighted by Gasteiger charge is 2.23. The van der Waals surface area contributed by atoms with Crippen molar-refractivity contribution < 1.29 is 18.1 Å². The summed E-state index contributed by atoms with van der Waals surface area (Å²) in [5.41, 5.74) is 0.0583. The summed E-state index contributed by atoms with van der Waals surface area (Å²) in [6, 6.07) is 9.97. The van der Waals surface area contributed by atoms with Gasteiger partial charge in [-0.15, -0.1) is 10.2 Å². The summed E-state index contributed by atoms with van der Waals surface area (Å²) >= 11 is 1.06. The monoisotopic (exact) mass is 490 g/mol. The number of carbonyl (C=O) groups excluding carboxylic acids is 1. The van der Waals surface area contributed by atoms with Gasteiger partial charge in [-0.2, -0.15) is 4.31 Å². The predicted molar refractivity (Wildman–Crippen MR) is 123 cm³/mol. The second-order valence-corrected chi connectivity index (χ2v) is 9.78. The standard InChI is InChI=1S/C20H22N6O5S2/c1-4-25(5-2)33(30,31)16-8-6-7-15(12-16)22-19(27)14-9-10-18(17(11-14)26(28)29)32-20-23-21-13-24(20)3/h6-13H,4-5H2,1-3H3,(H,22,27). The lowest BCUT2D eigenvalue weighted by atomic mass is 10.2. The summed E-state index contributed by atoms with van der Waals surface area (Å²) in [6.07, 6.45) is 1.48. The molecule has 1 amide bonds. The van der Waals surface area contributed by atoms with Crippen molar-refractivity contribution >= 4 is 39.1 Å². The largest absolute Gasteiger partial charge is 0.322 e. The van der Waals surface area contributed by atoms with Crippen LogP contribution in [-0.4, -0.2) is 51.4 Å². The lowest BCUT2D eigenvalue weighted by Gasteiger charge is -2.18. The summed E-state index contributed by atoms with van der Waals surface area (Å²) in [5, 5.41) is 22.3. The van der Waals surface area contributed by atoms with Gasteiger partial charge in [0.1, 0.15) is 6.33 Å². The Morgan fingerprint density at radius 3 is 2.55 bits per heavy atom. The molecule has 0 aliphatic heterocycles. The van der Waals surface area contributed by atoms with E-state index in [2.05, 4.69) is 15.5 Å². The topological polar surface area (TPSA) is 140 Å². The molecule has 13 heteroatoms. The molecule has 174 valence electrons. The summed E-state index contributed by atoms with van der Waals surface area (Å²) in [6.45, 7) is 4.12. The molecule has 1 aromatic heterocycles. The number of hydrogen-bond acceptors (Lipinski definition) is 8. The van der Waals surface area contributed by atoms with Gasteiger partial charge in [0.05, 0.1) is 14.7 Å². The Labute approximate surface area is 195 Å². The number of aromatic nitrogens is 3. The second-order valence-electron chi connectivity index (χ2n) is 6.84. The Kier molecular flexibility index (Phi) is 7.46.